The van der Waals surface area contributed by atoms with Crippen LogP contribution in [0.3, 0.4) is 0 Å². The molecule has 2 N–H and O–H groups in total. The number of nitrogens with one attached hydrogen (secondary N) is 2. The zero-order valence-electron chi connectivity index (χ0n) is 21.1. The van der Waals surface area contributed by atoms with Gasteiger partial charge in [0.1, 0.15) is 16.8 Å². The molecule has 0 bridgehead atoms. The molecule has 0 radical (unpaired) electrons. The molecule has 9 heteroatoms. The van der Waals surface area contributed by atoms with Gasteiger partial charge in [-0.15, -0.1) is 11.3 Å². The predicted molar refractivity (Wildman–Crippen MR) is 150 cm³/mol. The lowest BCUT2D eigenvalue weighted by Crippen LogP contribution is -2.32. The fourth-order valence-corrected chi connectivity index (χ4v) is 5.72. The van der Waals surface area contributed by atoms with Crippen molar-refractivity contribution in [2.24, 2.45) is 5.10 Å². The number of hydrogen-bond donors (Lipinski definition) is 2. The molecule has 0 atom stereocenters. The predicted octanol–water partition coefficient (Wildman–Crippen LogP) is 5.27. The summed E-state index contributed by atoms with van der Waals surface area (Å²) >= 11 is 1.34. The van der Waals surface area contributed by atoms with Crippen molar-refractivity contribution in [3.05, 3.63) is 93.4 Å². The number of rotatable bonds is 5. The Bertz CT molecular complexity index is 1670. The van der Waals surface area contributed by atoms with E-state index in [0.29, 0.717) is 21.7 Å². The number of thiophene rings is 1. The number of benzene rings is 3. The summed E-state index contributed by atoms with van der Waals surface area (Å²) in [5.41, 5.74) is 5.51. The van der Waals surface area contributed by atoms with Crippen LogP contribution >= 0.6 is 11.3 Å². The molecule has 8 nitrogen and oxygen atoms in total. The Morgan fingerprint density at radius 1 is 1.00 bits per heavy atom. The molecule has 2 amide bonds. The minimum Gasteiger partial charge on any atom is -0.422 e. The quantitative estimate of drug-likeness (QED) is 0.118. The number of anilines is 1. The SMILES string of the molecule is Cc1ccc(C(=O)Oc2ccc3ccccc3c2/C=N\NC(=O)C(=O)Nc2sc3c(c2C#N)CCCC3)cc1. The van der Waals surface area contributed by atoms with Crippen molar-refractivity contribution in [1.82, 2.24) is 5.43 Å². The number of fused-ring (bicyclic) bond motifs is 2. The molecular formula is C30H24N4O4S. The molecule has 1 aliphatic rings. The molecule has 1 aromatic heterocycles. The van der Waals surface area contributed by atoms with Crippen LogP contribution in [-0.2, 0) is 22.4 Å². The Morgan fingerprint density at radius 2 is 1.77 bits per heavy atom. The zero-order valence-corrected chi connectivity index (χ0v) is 21.9. The topological polar surface area (TPSA) is 121 Å². The Balaban J connectivity index is 1.34. The summed E-state index contributed by atoms with van der Waals surface area (Å²) in [6.07, 6.45) is 5.04. The van der Waals surface area contributed by atoms with E-state index in [1.165, 1.54) is 17.6 Å². The Labute approximate surface area is 228 Å². The van der Waals surface area contributed by atoms with Crippen LogP contribution < -0.4 is 15.5 Å². The van der Waals surface area contributed by atoms with Gasteiger partial charge in [-0.25, -0.2) is 10.2 Å². The average Bonchev–Trinajstić information content (AvgIpc) is 3.30. The van der Waals surface area contributed by atoms with Crippen molar-refractivity contribution >= 4 is 51.1 Å². The second kappa shape index (κ2) is 11.3. The standard InChI is InChI=1S/C30H24N4O4S/c1-18-10-12-20(13-11-18)30(37)38-25-15-14-19-6-2-3-7-21(19)24(25)17-32-34-28(36)27(35)33-29-23(16-31)22-8-4-5-9-26(22)39-29/h2-3,6-7,10-15,17H,4-5,8-9H2,1H3,(H,33,35)(H,34,36)/b32-17-. The first-order chi connectivity index (χ1) is 18.9. The first kappa shape index (κ1) is 25.8. The van der Waals surface area contributed by atoms with E-state index < -0.39 is 17.8 Å². The van der Waals surface area contributed by atoms with Crippen LogP contribution in [0.25, 0.3) is 10.8 Å². The van der Waals surface area contributed by atoms with E-state index in [1.54, 1.807) is 18.2 Å². The van der Waals surface area contributed by atoms with Crippen LogP contribution in [0.1, 0.15) is 50.3 Å². The van der Waals surface area contributed by atoms with Gasteiger partial charge in [0.05, 0.1) is 17.3 Å². The maximum atomic E-state index is 12.8. The smallest absolute Gasteiger partial charge is 0.343 e. The lowest BCUT2D eigenvalue weighted by atomic mass is 9.96. The summed E-state index contributed by atoms with van der Waals surface area (Å²) in [6.45, 7) is 1.93. The number of hydrazone groups is 1. The molecule has 5 rings (SSSR count). The number of hydrogen-bond acceptors (Lipinski definition) is 7. The van der Waals surface area contributed by atoms with Gasteiger partial charge in [0.15, 0.2) is 0 Å². The molecule has 1 heterocycles. The Hall–Kier alpha value is -4.81. The molecule has 194 valence electrons. The molecule has 0 saturated heterocycles. The molecule has 0 spiro atoms. The molecule has 3 aromatic carbocycles. The van der Waals surface area contributed by atoms with Crippen molar-refractivity contribution in [2.45, 2.75) is 32.6 Å². The molecular weight excluding hydrogens is 512 g/mol. The second-order valence-corrected chi connectivity index (χ2v) is 10.2. The maximum absolute atomic E-state index is 12.8. The first-order valence-electron chi connectivity index (χ1n) is 12.4. The highest BCUT2D eigenvalue weighted by molar-refractivity contribution is 7.16. The molecule has 4 aromatic rings. The number of carbonyl (C=O) groups is 3. The van der Waals surface area contributed by atoms with E-state index in [4.69, 9.17) is 4.74 Å². The summed E-state index contributed by atoms with van der Waals surface area (Å²) in [6, 6.07) is 20.1. The second-order valence-electron chi connectivity index (χ2n) is 9.13. The summed E-state index contributed by atoms with van der Waals surface area (Å²) in [5, 5.41) is 18.1. The number of carbonyl (C=O) groups excluding carboxylic acids is 3. The minimum atomic E-state index is -0.986. The largest absolute Gasteiger partial charge is 0.422 e. The molecule has 0 fully saturated rings. The van der Waals surface area contributed by atoms with Crippen LogP contribution in [0.4, 0.5) is 5.00 Å². The third-order valence-corrected chi connectivity index (χ3v) is 7.70. The molecule has 1 aliphatic carbocycles. The number of amides is 2. The maximum Gasteiger partial charge on any atom is 0.343 e. The van der Waals surface area contributed by atoms with Crippen molar-refractivity contribution in [1.29, 1.82) is 5.26 Å². The van der Waals surface area contributed by atoms with Crippen LogP contribution in [0.15, 0.2) is 65.8 Å². The highest BCUT2D eigenvalue weighted by atomic mass is 32.1. The van der Waals surface area contributed by atoms with Gasteiger partial charge in [-0.3, -0.25) is 9.59 Å². The van der Waals surface area contributed by atoms with Crippen LogP contribution in [-0.4, -0.2) is 24.0 Å². The van der Waals surface area contributed by atoms with Gasteiger partial charge < -0.3 is 10.1 Å². The van der Waals surface area contributed by atoms with Crippen molar-refractivity contribution < 1.29 is 19.1 Å². The summed E-state index contributed by atoms with van der Waals surface area (Å²) in [7, 11) is 0. The van der Waals surface area contributed by atoms with Gasteiger partial charge >= 0.3 is 17.8 Å². The van der Waals surface area contributed by atoms with Crippen LogP contribution in [0.5, 0.6) is 5.75 Å². The lowest BCUT2D eigenvalue weighted by Gasteiger charge is -2.11. The third-order valence-electron chi connectivity index (χ3n) is 6.50. The molecule has 39 heavy (non-hydrogen) atoms. The van der Waals surface area contributed by atoms with Gasteiger partial charge in [-0.1, -0.05) is 48.0 Å². The van der Waals surface area contributed by atoms with Crippen LogP contribution in [0, 0.1) is 18.3 Å². The van der Waals surface area contributed by atoms with Crippen molar-refractivity contribution in [2.75, 3.05) is 5.32 Å². The van der Waals surface area contributed by atoms with Crippen molar-refractivity contribution in [3.63, 3.8) is 0 Å². The Kier molecular flexibility index (Phi) is 7.48. The highest BCUT2D eigenvalue weighted by Gasteiger charge is 2.23. The molecule has 0 unspecified atom stereocenters. The van der Waals surface area contributed by atoms with E-state index in [0.717, 1.165) is 52.5 Å². The number of nitrogens with zero attached hydrogens (tertiary/aromatic N) is 2. The van der Waals surface area contributed by atoms with Crippen LogP contribution in [0.2, 0.25) is 0 Å². The first-order valence-corrected chi connectivity index (χ1v) is 13.3. The monoisotopic (exact) mass is 536 g/mol. The summed E-state index contributed by atoms with van der Waals surface area (Å²) in [5.74, 6) is -2.19. The molecule has 0 saturated carbocycles. The van der Waals surface area contributed by atoms with E-state index in [2.05, 4.69) is 21.9 Å². The minimum absolute atomic E-state index is 0.254. The van der Waals surface area contributed by atoms with Gasteiger partial charge in [-0.2, -0.15) is 10.4 Å². The zero-order chi connectivity index (χ0) is 27.4. The average molecular weight is 537 g/mol. The molecule has 0 aliphatic heterocycles. The highest BCUT2D eigenvalue weighted by Crippen LogP contribution is 2.37. The van der Waals surface area contributed by atoms with Gasteiger partial charge in [0, 0.05) is 10.4 Å². The summed E-state index contributed by atoms with van der Waals surface area (Å²) in [4.78, 5) is 38.9. The van der Waals surface area contributed by atoms with Crippen molar-refractivity contribution in [3.8, 4) is 11.8 Å². The number of esters is 1. The van der Waals surface area contributed by atoms with Gasteiger partial charge in [0.2, 0.25) is 0 Å². The normalized spacial score (nSPS) is 12.5. The summed E-state index contributed by atoms with van der Waals surface area (Å²) < 4.78 is 5.68. The third kappa shape index (κ3) is 5.56. The van der Waals surface area contributed by atoms with E-state index in [9.17, 15) is 19.6 Å². The number of ether oxygens (including phenoxy) is 1. The fraction of sp³-hybridized carbons (Fsp3) is 0.167. The number of aryl methyl sites for hydroxylation is 2. The van der Waals surface area contributed by atoms with Gasteiger partial charge in [-0.05, 0) is 67.1 Å². The van der Waals surface area contributed by atoms with Gasteiger partial charge in [0.25, 0.3) is 0 Å². The lowest BCUT2D eigenvalue weighted by molar-refractivity contribution is -0.136. The Morgan fingerprint density at radius 3 is 2.56 bits per heavy atom. The van der Waals surface area contributed by atoms with E-state index >= 15 is 0 Å². The number of nitriles is 1. The van der Waals surface area contributed by atoms with E-state index in [1.807, 2.05) is 49.4 Å². The fourth-order valence-electron chi connectivity index (χ4n) is 4.48. The van der Waals surface area contributed by atoms with E-state index in [-0.39, 0.29) is 5.75 Å².